The number of nitrogens with one attached hydrogen (secondary N) is 2. The molecule has 2 N–H and O–H groups in total. The van der Waals surface area contributed by atoms with Crippen LogP contribution in [-0.2, 0) is 4.79 Å². The molecule has 23 heavy (non-hydrogen) atoms. The number of hydrogen-bond acceptors (Lipinski definition) is 3. The molecule has 4 nitrogen and oxygen atoms in total. The summed E-state index contributed by atoms with van der Waals surface area (Å²) in [6.45, 7) is 6.32. The predicted octanol–water partition coefficient (Wildman–Crippen LogP) is 4.45. The lowest BCUT2D eigenvalue weighted by Crippen LogP contribution is -2.22. The van der Waals surface area contributed by atoms with Crippen LogP contribution < -0.4 is 15.4 Å². The third-order valence-electron chi connectivity index (χ3n) is 2.91. The van der Waals surface area contributed by atoms with Crippen LogP contribution in [0.5, 0.6) is 5.75 Å². The molecule has 0 aliphatic heterocycles. The number of halogens is 1. The molecule has 2 aromatic rings. The normalized spacial score (nSPS) is 10.0. The first-order valence-electron chi connectivity index (χ1n) is 7.20. The maximum absolute atomic E-state index is 12.0. The molecule has 5 heteroatoms. The number of anilines is 2. The van der Waals surface area contributed by atoms with Crippen LogP contribution in [0.1, 0.15) is 6.92 Å². The van der Waals surface area contributed by atoms with Gasteiger partial charge in [-0.2, -0.15) is 0 Å². The molecule has 1 amide bonds. The molecule has 0 bridgehead atoms. The van der Waals surface area contributed by atoms with E-state index in [1.165, 1.54) is 0 Å². The van der Waals surface area contributed by atoms with E-state index in [0.29, 0.717) is 12.4 Å². The molecule has 0 saturated heterocycles. The first-order chi connectivity index (χ1) is 11.0. The summed E-state index contributed by atoms with van der Waals surface area (Å²) in [7, 11) is 0. The largest absolute Gasteiger partial charge is 0.487 e. The third-order valence-corrected chi connectivity index (χ3v) is 3.40. The maximum Gasteiger partial charge on any atom is 0.243 e. The van der Waals surface area contributed by atoms with Crippen LogP contribution in [0.25, 0.3) is 0 Å². The highest BCUT2D eigenvalue weighted by Crippen LogP contribution is 2.24. The number of hydrogen-bond donors (Lipinski definition) is 2. The van der Waals surface area contributed by atoms with Crippen molar-refractivity contribution in [2.24, 2.45) is 0 Å². The molecule has 0 aliphatic rings. The van der Waals surface area contributed by atoms with E-state index in [1.54, 1.807) is 0 Å². The Balaban J connectivity index is 1.92. The molecule has 2 aromatic carbocycles. The molecule has 0 heterocycles. The summed E-state index contributed by atoms with van der Waals surface area (Å²) in [5.41, 5.74) is 2.46. The Labute approximate surface area is 144 Å². The van der Waals surface area contributed by atoms with E-state index >= 15 is 0 Å². The summed E-state index contributed by atoms with van der Waals surface area (Å²) >= 11 is 3.38. The van der Waals surface area contributed by atoms with Crippen molar-refractivity contribution in [1.82, 2.24) is 0 Å². The van der Waals surface area contributed by atoms with Gasteiger partial charge in [-0.05, 0) is 42.8 Å². The van der Waals surface area contributed by atoms with Crippen molar-refractivity contribution in [2.45, 2.75) is 6.92 Å². The molecule has 0 aromatic heterocycles. The van der Waals surface area contributed by atoms with Crippen LogP contribution >= 0.6 is 15.9 Å². The average Bonchev–Trinajstić information content (AvgIpc) is 2.51. The minimum atomic E-state index is -0.127. The van der Waals surface area contributed by atoms with Crippen molar-refractivity contribution >= 4 is 33.2 Å². The Morgan fingerprint density at radius 1 is 1.22 bits per heavy atom. The van der Waals surface area contributed by atoms with Gasteiger partial charge in [0.05, 0.1) is 12.2 Å². The van der Waals surface area contributed by atoms with E-state index in [9.17, 15) is 4.79 Å². The number of carbonyl (C=O) groups excluding carboxylic acids is 1. The number of carbonyl (C=O) groups is 1. The van der Waals surface area contributed by atoms with Crippen molar-refractivity contribution in [2.75, 3.05) is 23.8 Å². The molecule has 0 spiro atoms. The number of amides is 1. The average molecular weight is 375 g/mol. The van der Waals surface area contributed by atoms with Gasteiger partial charge < -0.3 is 15.4 Å². The molecule has 0 unspecified atom stereocenters. The highest BCUT2D eigenvalue weighted by atomic mass is 79.9. The van der Waals surface area contributed by atoms with Crippen LogP contribution in [0, 0.1) is 0 Å². The van der Waals surface area contributed by atoms with Crippen LogP contribution in [0.4, 0.5) is 11.4 Å². The molecule has 0 radical (unpaired) electrons. The van der Waals surface area contributed by atoms with Gasteiger partial charge in [-0.15, -0.1) is 0 Å². The highest BCUT2D eigenvalue weighted by molar-refractivity contribution is 9.10. The van der Waals surface area contributed by atoms with E-state index in [2.05, 4.69) is 33.1 Å². The molecule has 0 atom stereocenters. The van der Waals surface area contributed by atoms with Gasteiger partial charge in [0.25, 0.3) is 0 Å². The number of para-hydroxylation sites is 2. The van der Waals surface area contributed by atoms with Gasteiger partial charge >= 0.3 is 0 Å². The fourth-order valence-corrected chi connectivity index (χ4v) is 2.29. The zero-order valence-electron chi connectivity index (χ0n) is 12.9. The van der Waals surface area contributed by atoms with Gasteiger partial charge in [0.2, 0.25) is 5.91 Å². The second kappa shape index (κ2) is 8.39. The molecule has 2 rings (SSSR count). The summed E-state index contributed by atoms with van der Waals surface area (Å²) in [6.07, 6.45) is 0. The van der Waals surface area contributed by atoms with Crippen molar-refractivity contribution in [3.63, 3.8) is 0 Å². The van der Waals surface area contributed by atoms with E-state index < -0.39 is 0 Å². The number of benzene rings is 2. The van der Waals surface area contributed by atoms with Gasteiger partial charge in [0.1, 0.15) is 12.4 Å². The van der Waals surface area contributed by atoms with Crippen molar-refractivity contribution in [1.29, 1.82) is 0 Å². The Morgan fingerprint density at radius 2 is 2.00 bits per heavy atom. The zero-order valence-corrected chi connectivity index (χ0v) is 14.5. The maximum atomic E-state index is 12.0. The minimum absolute atomic E-state index is 0.127. The van der Waals surface area contributed by atoms with Crippen molar-refractivity contribution in [3.05, 3.63) is 65.2 Å². The van der Waals surface area contributed by atoms with Crippen LogP contribution in [0.2, 0.25) is 0 Å². The van der Waals surface area contributed by atoms with Gasteiger partial charge in [0.15, 0.2) is 0 Å². The summed E-state index contributed by atoms with van der Waals surface area (Å²) in [6, 6.07) is 15.0. The molecule has 0 aliphatic carbocycles. The first kappa shape index (κ1) is 17.1. The predicted molar refractivity (Wildman–Crippen MR) is 98.0 cm³/mol. The van der Waals surface area contributed by atoms with Crippen LogP contribution in [0.3, 0.4) is 0 Å². The lowest BCUT2D eigenvalue weighted by Gasteiger charge is -2.13. The SMILES string of the molecule is C=C(C)COc1ccccc1NCC(=O)Nc1cccc(Br)c1. The Morgan fingerprint density at radius 3 is 2.74 bits per heavy atom. The molecular formula is C18H19BrN2O2. The van der Waals surface area contributed by atoms with E-state index in [4.69, 9.17) is 4.74 Å². The minimum Gasteiger partial charge on any atom is -0.487 e. The van der Waals surface area contributed by atoms with E-state index in [0.717, 1.165) is 21.4 Å². The first-order valence-corrected chi connectivity index (χ1v) is 7.99. The second-order valence-electron chi connectivity index (χ2n) is 5.15. The van der Waals surface area contributed by atoms with Gasteiger partial charge in [-0.3, -0.25) is 4.79 Å². The van der Waals surface area contributed by atoms with Crippen molar-refractivity contribution < 1.29 is 9.53 Å². The van der Waals surface area contributed by atoms with E-state index in [1.807, 2.05) is 55.5 Å². The fourth-order valence-electron chi connectivity index (χ4n) is 1.89. The number of ether oxygens (including phenoxy) is 1. The van der Waals surface area contributed by atoms with Gasteiger partial charge in [-0.1, -0.05) is 40.7 Å². The number of rotatable bonds is 7. The molecule has 0 fully saturated rings. The fraction of sp³-hybridized carbons (Fsp3) is 0.167. The monoisotopic (exact) mass is 374 g/mol. The van der Waals surface area contributed by atoms with E-state index in [-0.39, 0.29) is 12.5 Å². The Hall–Kier alpha value is -2.27. The lowest BCUT2D eigenvalue weighted by molar-refractivity contribution is -0.114. The molecular weight excluding hydrogens is 356 g/mol. The molecule has 0 saturated carbocycles. The van der Waals surface area contributed by atoms with Crippen LogP contribution in [0.15, 0.2) is 65.2 Å². The highest BCUT2D eigenvalue weighted by Gasteiger charge is 2.06. The Bertz CT molecular complexity index is 701. The summed E-state index contributed by atoms with van der Waals surface area (Å²) in [5.74, 6) is 0.573. The molecule has 120 valence electrons. The van der Waals surface area contributed by atoms with Crippen LogP contribution in [-0.4, -0.2) is 19.1 Å². The quantitative estimate of drug-likeness (QED) is 0.703. The smallest absolute Gasteiger partial charge is 0.243 e. The summed E-state index contributed by atoms with van der Waals surface area (Å²) in [4.78, 5) is 12.0. The topological polar surface area (TPSA) is 50.4 Å². The standard InChI is InChI=1S/C18H19BrN2O2/c1-13(2)12-23-17-9-4-3-8-16(17)20-11-18(22)21-15-7-5-6-14(19)10-15/h3-10,20H,1,11-12H2,2H3,(H,21,22). The van der Waals surface area contributed by atoms with Gasteiger partial charge in [0, 0.05) is 10.2 Å². The summed E-state index contributed by atoms with van der Waals surface area (Å²) in [5, 5.41) is 5.93. The lowest BCUT2D eigenvalue weighted by atomic mass is 10.3. The third kappa shape index (κ3) is 5.79. The van der Waals surface area contributed by atoms with Crippen molar-refractivity contribution in [3.8, 4) is 5.75 Å². The zero-order chi connectivity index (χ0) is 16.7. The second-order valence-corrected chi connectivity index (χ2v) is 6.07. The summed E-state index contributed by atoms with van der Waals surface area (Å²) < 4.78 is 6.58. The Kier molecular flexibility index (Phi) is 6.23. The van der Waals surface area contributed by atoms with Gasteiger partial charge in [-0.25, -0.2) is 0 Å².